The molecule has 3 N–H and O–H groups in total. The van der Waals surface area contributed by atoms with Crippen molar-refractivity contribution < 1.29 is 4.39 Å². The van der Waals surface area contributed by atoms with Gasteiger partial charge in [-0.25, -0.2) is 4.39 Å². The molecule has 88 valence electrons. The molecule has 1 aromatic rings. The van der Waals surface area contributed by atoms with Gasteiger partial charge in [-0.2, -0.15) is 0 Å². The molecule has 4 heteroatoms. The molecule has 0 aromatic heterocycles. The van der Waals surface area contributed by atoms with E-state index in [0.717, 1.165) is 5.69 Å². The van der Waals surface area contributed by atoms with Crippen LogP contribution in [0.3, 0.4) is 0 Å². The molecule has 1 atom stereocenters. The third-order valence-corrected chi connectivity index (χ3v) is 4.16. The van der Waals surface area contributed by atoms with E-state index in [0.29, 0.717) is 21.2 Å². The van der Waals surface area contributed by atoms with Crippen LogP contribution >= 0.6 is 22.6 Å². The Bertz CT molecular complexity index is 391. The Morgan fingerprint density at radius 3 is 2.75 bits per heavy atom. The summed E-state index contributed by atoms with van der Waals surface area (Å²) in [5.74, 6) is 0.500. The summed E-state index contributed by atoms with van der Waals surface area (Å²) >= 11 is 1.95. The second-order valence-corrected chi connectivity index (χ2v) is 5.64. The summed E-state index contributed by atoms with van der Waals surface area (Å²) in [5, 5.41) is 3.31. The fourth-order valence-corrected chi connectivity index (χ4v) is 2.48. The van der Waals surface area contributed by atoms with E-state index < -0.39 is 0 Å². The largest absolute Gasteiger partial charge is 0.397 e. The molecule has 0 bridgehead atoms. The highest BCUT2D eigenvalue weighted by Gasteiger charge is 2.24. The van der Waals surface area contributed by atoms with E-state index in [4.69, 9.17) is 5.73 Å². The van der Waals surface area contributed by atoms with Crippen molar-refractivity contribution in [2.24, 2.45) is 5.92 Å². The van der Waals surface area contributed by atoms with Gasteiger partial charge in [0.15, 0.2) is 0 Å². The Morgan fingerprint density at radius 2 is 2.19 bits per heavy atom. The average molecular weight is 334 g/mol. The van der Waals surface area contributed by atoms with Gasteiger partial charge in [0.1, 0.15) is 5.82 Å². The number of nitrogens with one attached hydrogen (secondary N) is 1. The zero-order valence-electron chi connectivity index (χ0n) is 9.26. The van der Waals surface area contributed by atoms with E-state index in [2.05, 4.69) is 12.2 Å². The lowest BCUT2D eigenvalue weighted by molar-refractivity contribution is 0.285. The fourth-order valence-electron chi connectivity index (χ4n) is 1.99. The summed E-state index contributed by atoms with van der Waals surface area (Å²) in [5.41, 5.74) is 7.21. The van der Waals surface area contributed by atoms with Gasteiger partial charge < -0.3 is 11.1 Å². The van der Waals surface area contributed by atoms with Crippen molar-refractivity contribution in [1.29, 1.82) is 0 Å². The number of nitrogen functional groups attached to an aromatic ring is 1. The highest BCUT2D eigenvalue weighted by atomic mass is 127. The predicted molar refractivity (Wildman–Crippen MR) is 74.0 cm³/mol. The Hall–Kier alpha value is -0.520. The van der Waals surface area contributed by atoms with Crippen LogP contribution in [-0.4, -0.2) is 6.04 Å². The van der Waals surface area contributed by atoms with Crippen molar-refractivity contribution in [2.45, 2.75) is 32.2 Å². The van der Waals surface area contributed by atoms with Gasteiger partial charge in [0.25, 0.3) is 0 Å². The monoisotopic (exact) mass is 334 g/mol. The Kier molecular flexibility index (Phi) is 3.56. The normalized spacial score (nSPS) is 17.9. The summed E-state index contributed by atoms with van der Waals surface area (Å²) in [7, 11) is 0. The van der Waals surface area contributed by atoms with E-state index in [1.165, 1.54) is 25.3 Å². The second-order valence-electron chi connectivity index (χ2n) is 4.48. The van der Waals surface area contributed by atoms with Crippen molar-refractivity contribution >= 4 is 34.0 Å². The summed E-state index contributed by atoms with van der Waals surface area (Å²) in [4.78, 5) is 0. The maximum absolute atomic E-state index is 13.4. The van der Waals surface area contributed by atoms with Crippen LogP contribution in [-0.2, 0) is 0 Å². The van der Waals surface area contributed by atoms with E-state index in [1.807, 2.05) is 22.6 Å². The zero-order chi connectivity index (χ0) is 11.7. The third kappa shape index (κ3) is 2.42. The number of nitrogens with two attached hydrogens (primary N) is 1. The van der Waals surface area contributed by atoms with E-state index in [-0.39, 0.29) is 5.82 Å². The van der Waals surface area contributed by atoms with E-state index in [9.17, 15) is 4.39 Å². The van der Waals surface area contributed by atoms with E-state index in [1.54, 1.807) is 6.07 Å². The smallest absolute Gasteiger partial charge is 0.138 e. The molecule has 0 heterocycles. The van der Waals surface area contributed by atoms with Crippen LogP contribution < -0.4 is 11.1 Å². The van der Waals surface area contributed by atoms with Gasteiger partial charge in [-0.15, -0.1) is 0 Å². The first kappa shape index (κ1) is 12.0. The van der Waals surface area contributed by atoms with Crippen molar-refractivity contribution in [3.63, 3.8) is 0 Å². The van der Waals surface area contributed by atoms with Crippen LogP contribution in [0.5, 0.6) is 0 Å². The van der Waals surface area contributed by atoms with Gasteiger partial charge in [-0.1, -0.05) is 6.42 Å². The van der Waals surface area contributed by atoms with Gasteiger partial charge in [0.2, 0.25) is 0 Å². The fraction of sp³-hybridized carbons (Fsp3) is 0.500. The van der Waals surface area contributed by atoms with Gasteiger partial charge in [0, 0.05) is 12.1 Å². The van der Waals surface area contributed by atoms with Crippen LogP contribution in [0.4, 0.5) is 15.8 Å². The van der Waals surface area contributed by atoms with Crippen molar-refractivity contribution in [1.82, 2.24) is 0 Å². The predicted octanol–water partition coefficient (Wildman–Crippen LogP) is 3.61. The van der Waals surface area contributed by atoms with E-state index >= 15 is 0 Å². The summed E-state index contributed by atoms with van der Waals surface area (Å²) in [6.45, 7) is 2.14. The number of benzene rings is 1. The van der Waals surface area contributed by atoms with Crippen LogP contribution in [0.15, 0.2) is 12.1 Å². The average Bonchev–Trinajstić information content (AvgIpc) is 2.11. The molecule has 1 fully saturated rings. The molecule has 1 aliphatic carbocycles. The first-order valence-corrected chi connectivity index (χ1v) is 6.67. The van der Waals surface area contributed by atoms with Crippen LogP contribution in [0.1, 0.15) is 26.2 Å². The molecule has 0 saturated heterocycles. The molecular formula is C12H16FIN2. The van der Waals surface area contributed by atoms with Crippen LogP contribution in [0, 0.1) is 15.3 Å². The molecule has 1 aliphatic rings. The molecule has 1 unspecified atom stereocenters. The lowest BCUT2D eigenvalue weighted by Gasteiger charge is -2.32. The molecule has 1 aromatic carbocycles. The maximum Gasteiger partial charge on any atom is 0.138 e. The molecule has 0 aliphatic heterocycles. The number of rotatable bonds is 3. The van der Waals surface area contributed by atoms with Gasteiger partial charge in [0.05, 0.1) is 14.9 Å². The minimum atomic E-state index is -0.210. The van der Waals surface area contributed by atoms with Crippen molar-refractivity contribution in [3.05, 3.63) is 21.5 Å². The third-order valence-electron chi connectivity index (χ3n) is 3.33. The molecule has 0 amide bonds. The lowest BCUT2D eigenvalue weighted by atomic mass is 9.80. The van der Waals surface area contributed by atoms with Crippen LogP contribution in [0.25, 0.3) is 0 Å². The summed E-state index contributed by atoms with van der Waals surface area (Å²) in [6.07, 6.45) is 3.84. The van der Waals surface area contributed by atoms with Crippen LogP contribution in [0.2, 0.25) is 0 Å². The van der Waals surface area contributed by atoms with Gasteiger partial charge in [-0.3, -0.25) is 0 Å². The second kappa shape index (κ2) is 4.77. The first-order chi connectivity index (χ1) is 7.58. The number of anilines is 2. The molecule has 2 nitrogen and oxygen atoms in total. The highest BCUT2D eigenvalue weighted by molar-refractivity contribution is 14.1. The van der Waals surface area contributed by atoms with Crippen molar-refractivity contribution in [3.8, 4) is 0 Å². The Labute approximate surface area is 109 Å². The number of hydrogen-bond donors (Lipinski definition) is 2. The minimum absolute atomic E-state index is 0.210. The molecule has 0 spiro atoms. The van der Waals surface area contributed by atoms with Gasteiger partial charge >= 0.3 is 0 Å². The number of halogens is 2. The SMILES string of the molecule is CC(Nc1cc(F)c(I)cc1N)C1CCC1. The summed E-state index contributed by atoms with van der Waals surface area (Å²) < 4.78 is 14.0. The molecule has 2 rings (SSSR count). The lowest BCUT2D eigenvalue weighted by Crippen LogP contribution is -2.31. The Morgan fingerprint density at radius 1 is 1.50 bits per heavy atom. The summed E-state index contributed by atoms with van der Waals surface area (Å²) in [6, 6.07) is 3.54. The number of hydrogen-bond acceptors (Lipinski definition) is 2. The molecule has 0 radical (unpaired) electrons. The quantitative estimate of drug-likeness (QED) is 0.655. The molecule has 1 saturated carbocycles. The highest BCUT2D eigenvalue weighted by Crippen LogP contribution is 2.32. The molecule has 16 heavy (non-hydrogen) atoms. The topological polar surface area (TPSA) is 38.0 Å². The molecular weight excluding hydrogens is 318 g/mol. The maximum atomic E-state index is 13.4. The zero-order valence-corrected chi connectivity index (χ0v) is 11.4. The minimum Gasteiger partial charge on any atom is -0.397 e. The standard InChI is InChI=1S/C12H16FIN2/c1-7(8-3-2-4-8)16-12-5-9(13)10(14)6-11(12)15/h5-8,16H,2-4,15H2,1H3. The van der Waals surface area contributed by atoms with Crippen molar-refractivity contribution in [2.75, 3.05) is 11.1 Å². The van der Waals surface area contributed by atoms with Gasteiger partial charge in [-0.05, 0) is 54.3 Å². The first-order valence-electron chi connectivity index (χ1n) is 5.59. The Balaban J connectivity index is 2.11.